The minimum absolute atomic E-state index is 0.0313. The number of nitrogens with zero attached hydrogens (tertiary/aromatic N) is 5. The van der Waals surface area contributed by atoms with Gasteiger partial charge in [0, 0.05) is 30.2 Å². The molecular weight excluding hydrogens is 418 g/mol. The second kappa shape index (κ2) is 9.78. The highest BCUT2D eigenvalue weighted by molar-refractivity contribution is 7.99. The third kappa shape index (κ3) is 4.57. The topological polar surface area (TPSA) is 63.9 Å². The van der Waals surface area contributed by atoms with Gasteiger partial charge >= 0.3 is 0 Å². The van der Waals surface area contributed by atoms with Crippen molar-refractivity contribution in [3.63, 3.8) is 0 Å². The van der Waals surface area contributed by atoms with E-state index in [1.807, 2.05) is 54.0 Å². The lowest BCUT2D eigenvalue weighted by molar-refractivity contribution is -0.116. The maximum atomic E-state index is 13.0. The van der Waals surface area contributed by atoms with E-state index < -0.39 is 0 Å². The molecule has 0 spiro atoms. The summed E-state index contributed by atoms with van der Waals surface area (Å²) >= 11 is 1.40. The molecule has 6 nitrogen and oxygen atoms in total. The Morgan fingerprint density at radius 3 is 2.41 bits per heavy atom. The van der Waals surface area contributed by atoms with Crippen molar-refractivity contribution in [2.75, 3.05) is 17.2 Å². The molecule has 0 saturated heterocycles. The van der Waals surface area contributed by atoms with Crippen LogP contribution < -0.4 is 4.90 Å². The smallest absolute Gasteiger partial charge is 0.237 e. The Balaban J connectivity index is 1.66. The predicted octanol–water partition coefficient (Wildman–Crippen LogP) is 5.09. The highest BCUT2D eigenvalue weighted by atomic mass is 32.2. The largest absolute Gasteiger partial charge is 0.312 e. The summed E-state index contributed by atoms with van der Waals surface area (Å²) in [6.07, 6.45) is 3.48. The number of aromatic nitrogens is 4. The van der Waals surface area contributed by atoms with Crippen molar-refractivity contribution in [3.8, 4) is 17.1 Å². The summed E-state index contributed by atoms with van der Waals surface area (Å²) in [6, 6.07) is 19.8. The normalized spacial score (nSPS) is 10.8. The van der Waals surface area contributed by atoms with Gasteiger partial charge in [0.25, 0.3) is 0 Å². The van der Waals surface area contributed by atoms with Crippen molar-refractivity contribution in [1.82, 2.24) is 19.7 Å². The van der Waals surface area contributed by atoms with Gasteiger partial charge in [-0.3, -0.25) is 14.3 Å². The molecule has 162 valence electrons. The monoisotopic (exact) mass is 443 g/mol. The van der Waals surface area contributed by atoms with Crippen LogP contribution in [-0.4, -0.2) is 38.0 Å². The maximum absolute atomic E-state index is 13.0. The van der Waals surface area contributed by atoms with Crippen LogP contribution in [0.1, 0.15) is 18.1 Å². The number of hydrogen-bond acceptors (Lipinski definition) is 5. The van der Waals surface area contributed by atoms with Crippen LogP contribution >= 0.6 is 11.8 Å². The quantitative estimate of drug-likeness (QED) is 0.372. The number of benzene rings is 2. The molecule has 0 radical (unpaired) electrons. The molecule has 0 saturated carbocycles. The third-order valence-electron chi connectivity index (χ3n) is 5.33. The van der Waals surface area contributed by atoms with Crippen molar-refractivity contribution < 1.29 is 4.79 Å². The molecule has 1 amide bonds. The molecule has 2 aromatic carbocycles. The number of amides is 1. The second-order valence-corrected chi connectivity index (χ2v) is 8.35. The number of hydrogen-bond donors (Lipinski definition) is 0. The van der Waals surface area contributed by atoms with Crippen LogP contribution in [0.4, 0.5) is 5.69 Å². The van der Waals surface area contributed by atoms with Crippen LogP contribution in [0.3, 0.4) is 0 Å². The van der Waals surface area contributed by atoms with Gasteiger partial charge in [-0.2, -0.15) is 0 Å². The molecule has 4 rings (SSSR count). The zero-order valence-corrected chi connectivity index (χ0v) is 19.2. The van der Waals surface area contributed by atoms with Crippen LogP contribution in [0, 0.1) is 13.8 Å². The summed E-state index contributed by atoms with van der Waals surface area (Å²) in [5.41, 5.74) is 5.19. The van der Waals surface area contributed by atoms with Gasteiger partial charge in [-0.15, -0.1) is 10.2 Å². The number of pyridine rings is 1. The van der Waals surface area contributed by atoms with Crippen LogP contribution in [0.25, 0.3) is 17.1 Å². The lowest BCUT2D eigenvalue weighted by atomic mass is 10.1. The molecule has 32 heavy (non-hydrogen) atoms. The van der Waals surface area contributed by atoms with Gasteiger partial charge in [0.15, 0.2) is 11.0 Å². The fourth-order valence-corrected chi connectivity index (χ4v) is 4.29. The summed E-state index contributed by atoms with van der Waals surface area (Å²) in [6.45, 7) is 6.77. The molecule has 0 unspecified atom stereocenters. The van der Waals surface area contributed by atoms with Gasteiger partial charge < -0.3 is 4.90 Å². The number of carbonyl (C=O) groups is 1. The molecule has 0 N–H and O–H groups in total. The van der Waals surface area contributed by atoms with E-state index in [2.05, 4.69) is 47.2 Å². The standard InChI is InChI=1S/C25H25N5OS/c1-4-29(21-8-6-5-7-9-21)23(31)17-32-25-28-27-24(20-12-14-26-15-13-20)30(25)22-11-10-18(2)19(3)16-22/h5-16H,4,17H2,1-3H3. The van der Waals surface area contributed by atoms with Crippen molar-refractivity contribution >= 4 is 23.4 Å². The summed E-state index contributed by atoms with van der Waals surface area (Å²) in [7, 11) is 0. The molecule has 0 fully saturated rings. The van der Waals surface area contributed by atoms with E-state index in [0.29, 0.717) is 11.7 Å². The Morgan fingerprint density at radius 1 is 0.969 bits per heavy atom. The Kier molecular flexibility index (Phi) is 6.66. The fraction of sp³-hybridized carbons (Fsp3) is 0.200. The summed E-state index contributed by atoms with van der Waals surface area (Å²) in [5.74, 6) is 1.02. The molecule has 0 bridgehead atoms. The van der Waals surface area contributed by atoms with Crippen molar-refractivity contribution in [3.05, 3.63) is 84.2 Å². The SMILES string of the molecule is CCN(C(=O)CSc1nnc(-c2ccncc2)n1-c1ccc(C)c(C)c1)c1ccccc1. The minimum atomic E-state index is 0.0313. The zero-order valence-electron chi connectivity index (χ0n) is 18.4. The van der Waals surface area contributed by atoms with Gasteiger partial charge in [0.05, 0.1) is 11.4 Å². The first-order valence-corrected chi connectivity index (χ1v) is 11.5. The van der Waals surface area contributed by atoms with E-state index in [4.69, 9.17) is 0 Å². The van der Waals surface area contributed by atoms with Crippen LogP contribution in [0.5, 0.6) is 0 Å². The Hall–Kier alpha value is -3.45. The average molecular weight is 444 g/mol. The van der Waals surface area contributed by atoms with E-state index >= 15 is 0 Å². The van der Waals surface area contributed by atoms with E-state index in [-0.39, 0.29) is 11.7 Å². The van der Waals surface area contributed by atoms with E-state index in [1.165, 1.54) is 22.9 Å². The lowest BCUT2D eigenvalue weighted by Crippen LogP contribution is -2.32. The highest BCUT2D eigenvalue weighted by Crippen LogP contribution is 2.29. The van der Waals surface area contributed by atoms with E-state index in [1.54, 1.807) is 17.3 Å². The molecule has 0 atom stereocenters. The molecule has 0 aliphatic carbocycles. The number of carbonyl (C=O) groups excluding carboxylic acids is 1. The van der Waals surface area contributed by atoms with Crippen molar-refractivity contribution in [2.45, 2.75) is 25.9 Å². The number of rotatable bonds is 7. The molecule has 7 heteroatoms. The number of anilines is 1. The van der Waals surface area contributed by atoms with Crippen molar-refractivity contribution in [2.24, 2.45) is 0 Å². The molecule has 0 aliphatic heterocycles. The number of aryl methyl sites for hydroxylation is 2. The second-order valence-electron chi connectivity index (χ2n) is 7.41. The van der Waals surface area contributed by atoms with Gasteiger partial charge in [-0.1, -0.05) is 36.0 Å². The fourth-order valence-electron chi connectivity index (χ4n) is 3.46. The Labute approximate surface area is 192 Å². The van der Waals surface area contributed by atoms with Gasteiger partial charge in [-0.25, -0.2) is 0 Å². The summed E-state index contributed by atoms with van der Waals surface area (Å²) < 4.78 is 2.01. The van der Waals surface area contributed by atoms with Crippen molar-refractivity contribution in [1.29, 1.82) is 0 Å². The van der Waals surface area contributed by atoms with Gasteiger partial charge in [-0.05, 0) is 68.3 Å². The van der Waals surface area contributed by atoms with Gasteiger partial charge in [0.2, 0.25) is 5.91 Å². The van der Waals surface area contributed by atoms with Gasteiger partial charge in [0.1, 0.15) is 0 Å². The maximum Gasteiger partial charge on any atom is 0.237 e. The minimum Gasteiger partial charge on any atom is -0.312 e. The van der Waals surface area contributed by atoms with Crippen LogP contribution in [0.15, 0.2) is 78.2 Å². The highest BCUT2D eigenvalue weighted by Gasteiger charge is 2.20. The zero-order chi connectivity index (χ0) is 22.5. The van der Waals surface area contributed by atoms with Crippen LogP contribution in [0.2, 0.25) is 0 Å². The predicted molar refractivity (Wildman–Crippen MR) is 129 cm³/mol. The first kappa shape index (κ1) is 21.8. The van der Waals surface area contributed by atoms with E-state index in [0.717, 1.165) is 22.8 Å². The Morgan fingerprint density at radius 2 is 1.72 bits per heavy atom. The number of thioether (sulfide) groups is 1. The summed E-state index contributed by atoms with van der Waals surface area (Å²) in [4.78, 5) is 18.9. The Bertz CT molecular complexity index is 1210. The summed E-state index contributed by atoms with van der Waals surface area (Å²) in [5, 5.41) is 9.57. The molecule has 4 aromatic rings. The average Bonchev–Trinajstić information content (AvgIpc) is 3.25. The molecule has 2 aromatic heterocycles. The molecular formula is C25H25N5OS. The molecule has 2 heterocycles. The van der Waals surface area contributed by atoms with E-state index in [9.17, 15) is 4.79 Å². The third-order valence-corrected chi connectivity index (χ3v) is 6.24. The van der Waals surface area contributed by atoms with Crippen LogP contribution in [-0.2, 0) is 4.79 Å². The molecule has 0 aliphatic rings. The number of para-hydroxylation sites is 1. The first-order valence-electron chi connectivity index (χ1n) is 10.5. The first-order chi connectivity index (χ1) is 15.6. The lowest BCUT2D eigenvalue weighted by Gasteiger charge is -2.20.